The number of nitrogens with two attached hydrogens (primary N) is 1. The molecule has 112 valence electrons. The summed E-state index contributed by atoms with van der Waals surface area (Å²) in [6.45, 7) is 5.08. The van der Waals surface area contributed by atoms with Crippen LogP contribution in [0.3, 0.4) is 0 Å². The molecule has 1 unspecified atom stereocenters. The van der Waals surface area contributed by atoms with Gasteiger partial charge in [-0.05, 0) is 56.2 Å². The van der Waals surface area contributed by atoms with E-state index >= 15 is 0 Å². The van der Waals surface area contributed by atoms with Crippen LogP contribution < -0.4 is 10.5 Å². The molecule has 2 rings (SSSR count). The lowest BCUT2D eigenvalue weighted by molar-refractivity contribution is -0.0897. The molecule has 0 heterocycles. The van der Waals surface area contributed by atoms with Gasteiger partial charge in [-0.2, -0.15) is 0 Å². The third kappa shape index (κ3) is 3.15. The first-order valence-electron chi connectivity index (χ1n) is 7.65. The summed E-state index contributed by atoms with van der Waals surface area (Å²) in [6.07, 6.45) is 4.47. The molecule has 1 aromatic carbocycles. The highest BCUT2D eigenvalue weighted by Gasteiger charge is 2.41. The molecule has 0 saturated heterocycles. The van der Waals surface area contributed by atoms with Crippen LogP contribution in [0.2, 0.25) is 0 Å². The molecule has 1 aliphatic rings. The Labute approximate surface area is 122 Å². The van der Waals surface area contributed by atoms with Crippen LogP contribution in [-0.4, -0.2) is 19.3 Å². The van der Waals surface area contributed by atoms with Crippen molar-refractivity contribution in [3.8, 4) is 5.75 Å². The maximum absolute atomic E-state index is 6.58. The van der Waals surface area contributed by atoms with Crippen LogP contribution in [0.15, 0.2) is 24.3 Å². The molecule has 1 saturated carbocycles. The van der Waals surface area contributed by atoms with Crippen LogP contribution in [0.1, 0.15) is 51.1 Å². The minimum atomic E-state index is -0.215. The van der Waals surface area contributed by atoms with Gasteiger partial charge in [0.15, 0.2) is 0 Å². The second-order valence-electron chi connectivity index (χ2n) is 5.93. The first-order valence-corrected chi connectivity index (χ1v) is 7.65. The number of hydrogen-bond donors (Lipinski definition) is 1. The van der Waals surface area contributed by atoms with E-state index < -0.39 is 0 Å². The number of ether oxygens (including phenoxy) is 2. The van der Waals surface area contributed by atoms with Crippen molar-refractivity contribution >= 4 is 0 Å². The lowest BCUT2D eigenvalue weighted by Gasteiger charge is -2.43. The van der Waals surface area contributed by atoms with Gasteiger partial charge < -0.3 is 15.2 Å². The number of benzene rings is 1. The summed E-state index contributed by atoms with van der Waals surface area (Å²) in [6, 6.07) is 7.96. The molecule has 0 radical (unpaired) electrons. The highest BCUT2D eigenvalue weighted by molar-refractivity contribution is 5.32. The molecule has 0 spiro atoms. The van der Waals surface area contributed by atoms with Crippen LogP contribution in [0.25, 0.3) is 0 Å². The molecule has 3 nitrogen and oxygen atoms in total. The van der Waals surface area contributed by atoms with Gasteiger partial charge in [-0.25, -0.2) is 0 Å². The van der Waals surface area contributed by atoms with E-state index in [4.69, 9.17) is 15.2 Å². The van der Waals surface area contributed by atoms with Gasteiger partial charge in [0.1, 0.15) is 5.75 Å². The van der Waals surface area contributed by atoms with Crippen molar-refractivity contribution in [2.24, 2.45) is 11.7 Å². The zero-order valence-corrected chi connectivity index (χ0v) is 12.9. The summed E-state index contributed by atoms with van der Waals surface area (Å²) >= 11 is 0. The van der Waals surface area contributed by atoms with Crippen molar-refractivity contribution in [3.63, 3.8) is 0 Å². The summed E-state index contributed by atoms with van der Waals surface area (Å²) in [5.74, 6) is 1.63. The summed E-state index contributed by atoms with van der Waals surface area (Å²) in [5.41, 5.74) is 7.47. The van der Waals surface area contributed by atoms with E-state index in [1.165, 1.54) is 12.8 Å². The van der Waals surface area contributed by atoms with Gasteiger partial charge in [0.05, 0.1) is 18.8 Å². The zero-order valence-electron chi connectivity index (χ0n) is 12.9. The van der Waals surface area contributed by atoms with Gasteiger partial charge in [0, 0.05) is 6.61 Å². The zero-order chi connectivity index (χ0) is 14.6. The lowest BCUT2D eigenvalue weighted by Crippen LogP contribution is -2.46. The van der Waals surface area contributed by atoms with Gasteiger partial charge in [-0.3, -0.25) is 0 Å². The number of methoxy groups -OCH3 is 1. The van der Waals surface area contributed by atoms with Crippen LogP contribution in [-0.2, 0) is 4.74 Å². The Balaban J connectivity index is 2.23. The Morgan fingerprint density at radius 3 is 2.65 bits per heavy atom. The van der Waals surface area contributed by atoms with Gasteiger partial charge in [0.2, 0.25) is 0 Å². The van der Waals surface area contributed by atoms with Gasteiger partial charge in [-0.15, -0.1) is 0 Å². The van der Waals surface area contributed by atoms with Crippen molar-refractivity contribution in [1.29, 1.82) is 0 Å². The van der Waals surface area contributed by atoms with Crippen molar-refractivity contribution in [2.75, 3.05) is 13.7 Å². The van der Waals surface area contributed by atoms with E-state index in [0.29, 0.717) is 6.61 Å². The quantitative estimate of drug-likeness (QED) is 0.893. The fourth-order valence-electron chi connectivity index (χ4n) is 3.22. The lowest BCUT2D eigenvalue weighted by atomic mass is 9.73. The molecule has 20 heavy (non-hydrogen) atoms. The normalized spacial score (nSPS) is 28.1. The largest absolute Gasteiger partial charge is 0.497 e. The van der Waals surface area contributed by atoms with E-state index in [-0.39, 0.29) is 11.6 Å². The van der Waals surface area contributed by atoms with Crippen LogP contribution in [0.5, 0.6) is 5.75 Å². The molecule has 0 amide bonds. The van der Waals surface area contributed by atoms with Crippen molar-refractivity contribution in [3.05, 3.63) is 29.8 Å². The standard InChI is InChI=1S/C17H27NO2/c1-4-20-17(10-8-13(2)9-11-17)16(18)14-6-5-7-15(12-14)19-3/h5-7,12-13,16H,4,8-11,18H2,1-3H3. The molecule has 0 aromatic heterocycles. The fourth-order valence-corrected chi connectivity index (χ4v) is 3.22. The van der Waals surface area contributed by atoms with E-state index in [0.717, 1.165) is 30.1 Å². The smallest absolute Gasteiger partial charge is 0.119 e. The molecule has 1 aliphatic carbocycles. The molecule has 1 atom stereocenters. The second kappa shape index (κ2) is 6.59. The first-order chi connectivity index (χ1) is 9.61. The van der Waals surface area contributed by atoms with Crippen LogP contribution in [0.4, 0.5) is 0 Å². The predicted octanol–water partition coefficient (Wildman–Crippen LogP) is 3.68. The number of rotatable bonds is 5. The topological polar surface area (TPSA) is 44.5 Å². The summed E-state index contributed by atoms with van der Waals surface area (Å²) in [7, 11) is 1.69. The molecule has 3 heteroatoms. The highest BCUT2D eigenvalue weighted by atomic mass is 16.5. The third-order valence-electron chi connectivity index (χ3n) is 4.57. The Bertz CT molecular complexity index is 425. The average molecular weight is 277 g/mol. The van der Waals surface area contributed by atoms with E-state index in [9.17, 15) is 0 Å². The molecular weight excluding hydrogens is 250 g/mol. The van der Waals surface area contributed by atoms with Crippen molar-refractivity contribution < 1.29 is 9.47 Å². The molecule has 1 fully saturated rings. The van der Waals surface area contributed by atoms with Gasteiger partial charge in [-0.1, -0.05) is 19.1 Å². The SMILES string of the molecule is CCOC1(C(N)c2cccc(OC)c2)CCC(C)CC1. The Kier molecular flexibility index (Phi) is 5.06. The molecule has 2 N–H and O–H groups in total. The molecule has 0 aliphatic heterocycles. The van der Waals surface area contributed by atoms with Crippen molar-refractivity contribution in [2.45, 2.75) is 51.2 Å². The minimum absolute atomic E-state index is 0.0925. The average Bonchev–Trinajstić information content (AvgIpc) is 2.49. The first kappa shape index (κ1) is 15.3. The van der Waals surface area contributed by atoms with E-state index in [1.807, 2.05) is 18.2 Å². The Morgan fingerprint density at radius 2 is 2.05 bits per heavy atom. The fraction of sp³-hybridized carbons (Fsp3) is 0.647. The Morgan fingerprint density at radius 1 is 1.35 bits per heavy atom. The monoisotopic (exact) mass is 277 g/mol. The maximum atomic E-state index is 6.58. The van der Waals surface area contributed by atoms with E-state index in [2.05, 4.69) is 19.9 Å². The number of hydrogen-bond acceptors (Lipinski definition) is 3. The minimum Gasteiger partial charge on any atom is -0.497 e. The van der Waals surface area contributed by atoms with Crippen LogP contribution >= 0.6 is 0 Å². The predicted molar refractivity (Wildman–Crippen MR) is 81.9 cm³/mol. The summed E-state index contributed by atoms with van der Waals surface area (Å²) < 4.78 is 11.4. The van der Waals surface area contributed by atoms with Crippen LogP contribution in [0, 0.1) is 5.92 Å². The van der Waals surface area contributed by atoms with E-state index in [1.54, 1.807) is 7.11 Å². The van der Waals surface area contributed by atoms with Gasteiger partial charge >= 0.3 is 0 Å². The highest BCUT2D eigenvalue weighted by Crippen LogP contribution is 2.42. The van der Waals surface area contributed by atoms with Gasteiger partial charge in [0.25, 0.3) is 0 Å². The molecule has 1 aromatic rings. The molecular formula is C17H27NO2. The van der Waals surface area contributed by atoms with Crippen molar-refractivity contribution in [1.82, 2.24) is 0 Å². The second-order valence-corrected chi connectivity index (χ2v) is 5.93. The summed E-state index contributed by atoms with van der Waals surface area (Å²) in [5, 5.41) is 0. The Hall–Kier alpha value is -1.06. The summed E-state index contributed by atoms with van der Waals surface area (Å²) in [4.78, 5) is 0. The maximum Gasteiger partial charge on any atom is 0.119 e. The third-order valence-corrected chi connectivity index (χ3v) is 4.57. The molecule has 0 bridgehead atoms.